The second-order valence-electron chi connectivity index (χ2n) is 7.66. The Balaban J connectivity index is 1.62. The highest BCUT2D eigenvalue weighted by Gasteiger charge is 2.46. The number of rotatable bonds is 4. The van der Waals surface area contributed by atoms with E-state index < -0.39 is 30.3 Å². The van der Waals surface area contributed by atoms with Crippen LogP contribution in [-0.4, -0.2) is 27.0 Å². The van der Waals surface area contributed by atoms with Crippen LogP contribution in [0.3, 0.4) is 0 Å². The van der Waals surface area contributed by atoms with Crippen LogP contribution >= 0.6 is 15.9 Å². The molecule has 1 amide bonds. The molecule has 1 aromatic heterocycles. The van der Waals surface area contributed by atoms with E-state index in [1.807, 2.05) is 0 Å². The van der Waals surface area contributed by atoms with Crippen molar-refractivity contribution in [2.75, 3.05) is 10.6 Å². The quantitative estimate of drug-likeness (QED) is 0.427. The molecule has 2 aromatic carbocycles. The number of nitrogens with zero attached hydrogens (tertiary/aromatic N) is 2. The van der Waals surface area contributed by atoms with Crippen LogP contribution < -0.4 is 10.6 Å². The molecule has 0 saturated heterocycles. The first-order valence-corrected chi connectivity index (χ1v) is 10.7. The third-order valence-electron chi connectivity index (χ3n) is 5.32. The van der Waals surface area contributed by atoms with E-state index in [0.717, 1.165) is 9.15 Å². The first-order chi connectivity index (χ1) is 15.1. The van der Waals surface area contributed by atoms with Gasteiger partial charge in [0.05, 0.1) is 12.1 Å². The monoisotopic (exact) mass is 508 g/mol. The first kappa shape index (κ1) is 22.3. The molecule has 6 nitrogen and oxygen atoms in total. The van der Waals surface area contributed by atoms with Crippen LogP contribution in [0.25, 0.3) is 0 Å². The Morgan fingerprint density at radius 2 is 1.97 bits per heavy atom. The van der Waals surface area contributed by atoms with Gasteiger partial charge in [-0.05, 0) is 42.3 Å². The van der Waals surface area contributed by atoms with E-state index >= 15 is 0 Å². The average molecular weight is 509 g/mol. The van der Waals surface area contributed by atoms with Crippen LogP contribution in [0.4, 0.5) is 24.7 Å². The van der Waals surface area contributed by atoms with Gasteiger partial charge in [-0.25, -0.2) is 4.68 Å². The van der Waals surface area contributed by atoms with Gasteiger partial charge in [-0.2, -0.15) is 18.3 Å². The van der Waals surface area contributed by atoms with Crippen molar-refractivity contribution in [2.45, 2.75) is 37.7 Å². The van der Waals surface area contributed by atoms with Gasteiger partial charge in [0.1, 0.15) is 5.82 Å². The number of benzene rings is 2. The van der Waals surface area contributed by atoms with Gasteiger partial charge in [-0.3, -0.25) is 4.79 Å². The van der Waals surface area contributed by atoms with E-state index in [1.54, 1.807) is 55.5 Å². The van der Waals surface area contributed by atoms with Crippen LogP contribution in [-0.2, 0) is 0 Å². The molecule has 3 unspecified atom stereocenters. The van der Waals surface area contributed by atoms with E-state index in [-0.39, 0.29) is 17.9 Å². The number of anilines is 2. The van der Waals surface area contributed by atoms with E-state index in [9.17, 15) is 23.1 Å². The number of carbonyl (C=O) groups excluding carboxylic acids is 1. The molecule has 1 aliphatic rings. The molecule has 0 saturated carbocycles. The number of aliphatic hydroxyl groups is 1. The van der Waals surface area contributed by atoms with Gasteiger partial charge < -0.3 is 15.7 Å². The van der Waals surface area contributed by atoms with Crippen LogP contribution in [0.5, 0.6) is 0 Å². The van der Waals surface area contributed by atoms with Gasteiger partial charge >= 0.3 is 6.18 Å². The van der Waals surface area contributed by atoms with Gasteiger partial charge in [0, 0.05) is 22.6 Å². The van der Waals surface area contributed by atoms with Crippen molar-refractivity contribution in [1.82, 2.24) is 9.78 Å². The minimum atomic E-state index is -4.53. The zero-order chi connectivity index (χ0) is 23.0. The lowest BCUT2D eigenvalue weighted by atomic mass is 9.97. The van der Waals surface area contributed by atoms with E-state index in [0.29, 0.717) is 16.8 Å². The zero-order valence-electron chi connectivity index (χ0n) is 16.9. The predicted molar refractivity (Wildman–Crippen MR) is 117 cm³/mol. The lowest BCUT2D eigenvalue weighted by molar-refractivity contribution is -0.173. The van der Waals surface area contributed by atoms with Crippen LogP contribution in [0.1, 0.15) is 53.1 Å². The molecule has 0 spiro atoms. The molecule has 32 heavy (non-hydrogen) atoms. The highest BCUT2D eigenvalue weighted by molar-refractivity contribution is 9.10. The Labute approximate surface area is 190 Å². The topological polar surface area (TPSA) is 79.2 Å². The number of hydrogen-bond donors (Lipinski definition) is 3. The number of alkyl halides is 3. The SMILES string of the molecule is CC(O)c1cccc(NC(=O)c2cc3n(n2)C(C(F)(F)F)CC(c2ccc(Br)cc2)N3)c1. The van der Waals surface area contributed by atoms with Crippen molar-refractivity contribution in [3.8, 4) is 0 Å². The van der Waals surface area contributed by atoms with Crippen LogP contribution in [0.2, 0.25) is 0 Å². The number of fused-ring (bicyclic) bond motifs is 1. The minimum Gasteiger partial charge on any atom is -0.389 e. The highest BCUT2D eigenvalue weighted by Crippen LogP contribution is 2.43. The van der Waals surface area contributed by atoms with Crippen molar-refractivity contribution < 1.29 is 23.1 Å². The van der Waals surface area contributed by atoms with E-state index in [2.05, 4.69) is 31.7 Å². The van der Waals surface area contributed by atoms with Crippen molar-refractivity contribution >= 4 is 33.3 Å². The van der Waals surface area contributed by atoms with Crippen molar-refractivity contribution in [1.29, 1.82) is 0 Å². The molecular formula is C22H20BrF3N4O2. The standard InChI is InChI=1S/C22H20BrF3N4O2/c1-12(31)14-3-2-4-16(9-14)27-21(32)18-11-20-28-17(13-5-7-15(23)8-6-13)10-19(22(24,25)26)30(20)29-18/h2-9,11-12,17,19,28,31H,10H2,1H3,(H,27,32). The summed E-state index contributed by atoms with van der Waals surface area (Å²) in [6.07, 6.45) is -5.51. The fourth-order valence-corrected chi connectivity index (χ4v) is 3.93. The molecule has 3 atom stereocenters. The minimum absolute atomic E-state index is 0.120. The summed E-state index contributed by atoms with van der Waals surface area (Å²) in [4.78, 5) is 12.7. The fourth-order valence-electron chi connectivity index (χ4n) is 3.67. The summed E-state index contributed by atoms with van der Waals surface area (Å²) < 4.78 is 43.1. The Bertz CT molecular complexity index is 1130. The second kappa shape index (κ2) is 8.59. The van der Waals surface area contributed by atoms with Gasteiger partial charge in [0.15, 0.2) is 11.7 Å². The molecule has 3 N–H and O–H groups in total. The number of nitrogens with one attached hydrogen (secondary N) is 2. The molecule has 0 aliphatic carbocycles. The number of amides is 1. The molecule has 10 heteroatoms. The molecule has 4 rings (SSSR count). The Hall–Kier alpha value is -2.85. The Morgan fingerprint density at radius 1 is 1.25 bits per heavy atom. The lowest BCUT2D eigenvalue weighted by Gasteiger charge is -2.33. The summed E-state index contributed by atoms with van der Waals surface area (Å²) in [7, 11) is 0. The van der Waals surface area contributed by atoms with Crippen LogP contribution in [0.15, 0.2) is 59.1 Å². The van der Waals surface area contributed by atoms with Gasteiger partial charge in [-0.1, -0.05) is 40.2 Å². The van der Waals surface area contributed by atoms with Crippen molar-refractivity contribution in [2.24, 2.45) is 0 Å². The summed E-state index contributed by atoms with van der Waals surface area (Å²) in [5, 5.41) is 19.4. The van der Waals surface area contributed by atoms with E-state index in [4.69, 9.17) is 0 Å². The van der Waals surface area contributed by atoms with Crippen molar-refractivity contribution in [3.63, 3.8) is 0 Å². The molecule has 2 heterocycles. The number of halogens is 4. The number of aliphatic hydroxyl groups excluding tert-OH is 1. The summed E-state index contributed by atoms with van der Waals surface area (Å²) in [6, 6.07) is 12.5. The fraction of sp³-hybridized carbons (Fsp3) is 0.273. The maximum Gasteiger partial charge on any atom is 0.410 e. The molecule has 0 bridgehead atoms. The summed E-state index contributed by atoms with van der Waals surface area (Å²) in [5.74, 6) is -0.521. The van der Waals surface area contributed by atoms with Gasteiger partial charge in [0.25, 0.3) is 5.91 Å². The number of aromatic nitrogens is 2. The maximum atomic E-state index is 13.8. The Morgan fingerprint density at radius 3 is 2.62 bits per heavy atom. The lowest BCUT2D eigenvalue weighted by Crippen LogP contribution is -2.35. The number of hydrogen-bond acceptors (Lipinski definition) is 4. The van der Waals surface area contributed by atoms with Gasteiger partial charge in [-0.15, -0.1) is 0 Å². The smallest absolute Gasteiger partial charge is 0.389 e. The van der Waals surface area contributed by atoms with Crippen LogP contribution in [0, 0.1) is 0 Å². The molecular weight excluding hydrogens is 489 g/mol. The second-order valence-corrected chi connectivity index (χ2v) is 8.57. The average Bonchev–Trinajstić information content (AvgIpc) is 3.17. The molecule has 168 valence electrons. The normalized spacial score (nSPS) is 19.1. The largest absolute Gasteiger partial charge is 0.410 e. The third-order valence-corrected chi connectivity index (χ3v) is 5.85. The summed E-state index contributed by atoms with van der Waals surface area (Å²) in [6.45, 7) is 1.59. The number of carbonyl (C=O) groups is 1. The summed E-state index contributed by atoms with van der Waals surface area (Å²) in [5.41, 5.74) is 1.58. The highest BCUT2D eigenvalue weighted by atomic mass is 79.9. The third kappa shape index (κ3) is 4.66. The Kier molecular flexibility index (Phi) is 6.00. The first-order valence-electron chi connectivity index (χ1n) is 9.89. The molecule has 3 aromatic rings. The zero-order valence-corrected chi connectivity index (χ0v) is 18.5. The molecule has 0 radical (unpaired) electrons. The molecule has 0 fully saturated rings. The van der Waals surface area contributed by atoms with Crippen molar-refractivity contribution in [3.05, 3.63) is 75.9 Å². The maximum absolute atomic E-state index is 13.8. The predicted octanol–water partition coefficient (Wildman–Crippen LogP) is 5.61. The van der Waals surface area contributed by atoms with Gasteiger partial charge in [0.2, 0.25) is 0 Å². The van der Waals surface area contributed by atoms with E-state index in [1.165, 1.54) is 6.07 Å². The summed E-state index contributed by atoms with van der Waals surface area (Å²) >= 11 is 3.32. The molecule has 1 aliphatic heterocycles.